The average molecular weight is 373 g/mol. The summed E-state index contributed by atoms with van der Waals surface area (Å²) < 4.78 is 43.6. The predicted molar refractivity (Wildman–Crippen MR) is 98.6 cm³/mol. The number of nitriles is 1. The maximum atomic E-state index is 13.0. The molecule has 6 heteroatoms. The van der Waals surface area contributed by atoms with Crippen LogP contribution in [-0.2, 0) is 9.84 Å². The van der Waals surface area contributed by atoms with Crippen molar-refractivity contribution in [3.63, 3.8) is 0 Å². The lowest BCUT2D eigenvalue weighted by molar-refractivity contribution is 0.289. The first-order valence-corrected chi connectivity index (χ1v) is 9.66. The molecule has 0 N–H and O–H groups in total. The summed E-state index contributed by atoms with van der Waals surface area (Å²) in [6.07, 6.45) is 2.23. The molecule has 0 aliphatic carbocycles. The van der Waals surface area contributed by atoms with Crippen LogP contribution in [0, 0.1) is 23.1 Å². The van der Waals surface area contributed by atoms with Gasteiger partial charge >= 0.3 is 0 Å². The summed E-state index contributed by atoms with van der Waals surface area (Å²) in [7, 11) is -4.00. The summed E-state index contributed by atoms with van der Waals surface area (Å²) in [6, 6.07) is 12.9. The lowest BCUT2D eigenvalue weighted by Gasteiger charge is -2.08. The molecule has 0 spiro atoms. The number of sulfone groups is 1. The van der Waals surface area contributed by atoms with E-state index in [4.69, 9.17) is 4.74 Å². The Morgan fingerprint density at radius 1 is 1.15 bits per heavy atom. The molecule has 26 heavy (non-hydrogen) atoms. The van der Waals surface area contributed by atoms with Crippen LogP contribution in [0.5, 0.6) is 5.75 Å². The molecule has 0 saturated carbocycles. The van der Waals surface area contributed by atoms with Crippen molar-refractivity contribution in [2.75, 3.05) is 6.61 Å². The number of hydrogen-bond acceptors (Lipinski definition) is 4. The van der Waals surface area contributed by atoms with E-state index in [0.717, 1.165) is 30.7 Å². The van der Waals surface area contributed by atoms with E-state index in [1.165, 1.54) is 6.08 Å². The van der Waals surface area contributed by atoms with Crippen LogP contribution in [0.1, 0.15) is 25.8 Å². The second-order valence-electron chi connectivity index (χ2n) is 6.18. The molecular formula is C20H20FNO3S. The zero-order chi connectivity index (χ0) is 19.2. The van der Waals surface area contributed by atoms with Crippen LogP contribution in [0.15, 0.2) is 58.3 Å². The van der Waals surface area contributed by atoms with E-state index in [2.05, 4.69) is 13.8 Å². The van der Waals surface area contributed by atoms with Crippen LogP contribution in [0.3, 0.4) is 0 Å². The van der Waals surface area contributed by atoms with E-state index < -0.39 is 20.6 Å². The molecule has 0 amide bonds. The number of allylic oxidation sites excluding steroid dienone is 1. The van der Waals surface area contributed by atoms with Crippen molar-refractivity contribution in [1.82, 2.24) is 0 Å². The molecule has 2 aromatic carbocycles. The zero-order valence-electron chi connectivity index (χ0n) is 14.6. The lowest BCUT2D eigenvalue weighted by Crippen LogP contribution is -2.03. The maximum absolute atomic E-state index is 13.0. The number of halogens is 1. The lowest BCUT2D eigenvalue weighted by atomic mass is 10.1. The summed E-state index contributed by atoms with van der Waals surface area (Å²) in [5.41, 5.74) is 0.559. The molecule has 0 atom stereocenters. The highest BCUT2D eigenvalue weighted by Crippen LogP contribution is 2.22. The Hall–Kier alpha value is -2.65. The van der Waals surface area contributed by atoms with Gasteiger partial charge in [0.25, 0.3) is 0 Å². The first-order valence-electron chi connectivity index (χ1n) is 8.18. The highest BCUT2D eigenvalue weighted by atomic mass is 32.2. The monoisotopic (exact) mass is 373 g/mol. The van der Waals surface area contributed by atoms with Gasteiger partial charge in [-0.15, -0.1) is 0 Å². The third-order valence-electron chi connectivity index (χ3n) is 3.67. The molecule has 0 fully saturated rings. The van der Waals surface area contributed by atoms with Crippen LogP contribution in [0.25, 0.3) is 6.08 Å². The smallest absolute Gasteiger partial charge is 0.216 e. The molecule has 0 unspecified atom stereocenters. The minimum absolute atomic E-state index is 0.125. The van der Waals surface area contributed by atoms with Gasteiger partial charge in [-0.25, -0.2) is 12.8 Å². The van der Waals surface area contributed by atoms with E-state index in [1.807, 2.05) is 0 Å². The summed E-state index contributed by atoms with van der Waals surface area (Å²) in [5.74, 6) is 0.689. The van der Waals surface area contributed by atoms with Crippen molar-refractivity contribution >= 4 is 15.9 Å². The van der Waals surface area contributed by atoms with Crippen molar-refractivity contribution in [3.8, 4) is 11.8 Å². The first kappa shape index (κ1) is 19.7. The van der Waals surface area contributed by atoms with Crippen LogP contribution in [0.2, 0.25) is 0 Å². The van der Waals surface area contributed by atoms with Crippen molar-refractivity contribution in [3.05, 3.63) is 64.8 Å². The maximum Gasteiger partial charge on any atom is 0.216 e. The second kappa shape index (κ2) is 8.63. The molecule has 0 bridgehead atoms. The van der Waals surface area contributed by atoms with Gasteiger partial charge in [-0.3, -0.25) is 0 Å². The minimum Gasteiger partial charge on any atom is -0.494 e. The summed E-state index contributed by atoms with van der Waals surface area (Å²) in [4.78, 5) is -0.530. The normalized spacial score (nSPS) is 12.0. The van der Waals surface area contributed by atoms with Crippen LogP contribution >= 0.6 is 0 Å². The van der Waals surface area contributed by atoms with E-state index in [-0.39, 0.29) is 4.90 Å². The van der Waals surface area contributed by atoms with Crippen molar-refractivity contribution < 1.29 is 17.5 Å². The Morgan fingerprint density at radius 2 is 1.77 bits per heavy atom. The molecule has 0 radical (unpaired) electrons. The van der Waals surface area contributed by atoms with Gasteiger partial charge in [0.05, 0.1) is 11.5 Å². The van der Waals surface area contributed by atoms with E-state index in [1.54, 1.807) is 30.3 Å². The van der Waals surface area contributed by atoms with Crippen LogP contribution in [-0.4, -0.2) is 15.0 Å². The predicted octanol–water partition coefficient (Wildman–Crippen LogP) is 4.59. The van der Waals surface area contributed by atoms with Crippen LogP contribution < -0.4 is 4.74 Å². The van der Waals surface area contributed by atoms with E-state index >= 15 is 0 Å². The largest absolute Gasteiger partial charge is 0.494 e. The Morgan fingerprint density at radius 3 is 2.31 bits per heavy atom. The number of nitrogens with zero attached hydrogens (tertiary/aromatic N) is 1. The number of rotatable bonds is 7. The topological polar surface area (TPSA) is 67.2 Å². The van der Waals surface area contributed by atoms with Crippen LogP contribution in [0.4, 0.5) is 4.39 Å². The third-order valence-corrected chi connectivity index (χ3v) is 5.35. The highest BCUT2D eigenvalue weighted by Gasteiger charge is 2.20. The molecule has 2 rings (SSSR count). The van der Waals surface area contributed by atoms with Gasteiger partial charge in [0.15, 0.2) is 0 Å². The van der Waals surface area contributed by atoms with Gasteiger partial charge < -0.3 is 4.74 Å². The quantitative estimate of drug-likeness (QED) is 0.526. The first-order chi connectivity index (χ1) is 12.3. The van der Waals surface area contributed by atoms with Gasteiger partial charge in [-0.05, 0) is 60.4 Å². The van der Waals surface area contributed by atoms with Crippen molar-refractivity contribution in [1.29, 1.82) is 5.26 Å². The van der Waals surface area contributed by atoms with E-state index in [0.29, 0.717) is 23.8 Å². The zero-order valence-corrected chi connectivity index (χ0v) is 15.5. The fourth-order valence-corrected chi connectivity index (χ4v) is 3.29. The number of ether oxygens (including phenoxy) is 1. The van der Waals surface area contributed by atoms with Gasteiger partial charge in [0.1, 0.15) is 22.5 Å². The molecule has 2 aromatic rings. The Kier molecular flexibility index (Phi) is 6.53. The number of benzene rings is 2. The molecule has 0 aromatic heterocycles. The molecular weight excluding hydrogens is 353 g/mol. The van der Waals surface area contributed by atoms with Crippen molar-refractivity contribution in [2.45, 2.75) is 25.2 Å². The van der Waals surface area contributed by atoms with Crippen molar-refractivity contribution in [2.24, 2.45) is 5.92 Å². The van der Waals surface area contributed by atoms with Gasteiger partial charge in [0, 0.05) is 0 Å². The third kappa shape index (κ3) is 5.17. The molecule has 4 nitrogen and oxygen atoms in total. The van der Waals surface area contributed by atoms with Gasteiger partial charge in [-0.1, -0.05) is 26.0 Å². The fourth-order valence-electron chi connectivity index (χ4n) is 2.13. The Labute approximate surface area is 153 Å². The SMILES string of the molecule is CC(C)CCOc1ccc(C=C(C#N)S(=O)(=O)c2ccc(F)cc2)cc1. The fraction of sp³-hybridized carbons (Fsp3) is 0.250. The minimum atomic E-state index is -4.00. The second-order valence-corrected chi connectivity index (χ2v) is 8.10. The van der Waals surface area contributed by atoms with Gasteiger partial charge in [-0.2, -0.15) is 5.26 Å². The van der Waals surface area contributed by atoms with E-state index in [9.17, 15) is 18.1 Å². The number of hydrogen-bond donors (Lipinski definition) is 0. The van der Waals surface area contributed by atoms with Gasteiger partial charge in [0.2, 0.25) is 9.84 Å². The average Bonchev–Trinajstić information content (AvgIpc) is 2.61. The molecule has 0 saturated heterocycles. The summed E-state index contributed by atoms with van der Waals surface area (Å²) >= 11 is 0. The Balaban J connectivity index is 2.20. The summed E-state index contributed by atoms with van der Waals surface area (Å²) in [5, 5.41) is 9.27. The molecule has 0 heterocycles. The summed E-state index contributed by atoms with van der Waals surface area (Å²) in [6.45, 7) is 4.83. The molecule has 136 valence electrons. The highest BCUT2D eigenvalue weighted by molar-refractivity contribution is 7.95. The molecule has 0 aliphatic heterocycles. The molecule has 0 aliphatic rings. The Bertz CT molecular complexity index is 909. The standard InChI is InChI=1S/C20H20FNO3S/c1-15(2)11-12-25-18-7-3-16(4-8-18)13-20(14-22)26(23,24)19-9-5-17(21)6-10-19/h3-10,13,15H,11-12H2,1-2H3.